The van der Waals surface area contributed by atoms with Gasteiger partial charge in [-0.25, -0.2) is 0 Å². The maximum atomic E-state index is 4.47. The van der Waals surface area contributed by atoms with Crippen molar-refractivity contribution in [3.05, 3.63) is 46.5 Å². The van der Waals surface area contributed by atoms with Gasteiger partial charge in [0.05, 0.1) is 17.9 Å². The molecule has 0 amide bonds. The van der Waals surface area contributed by atoms with E-state index in [1.807, 2.05) is 43.8 Å². The van der Waals surface area contributed by atoms with Crippen molar-refractivity contribution >= 4 is 29.9 Å². The highest BCUT2D eigenvalue weighted by molar-refractivity contribution is 14.0. The van der Waals surface area contributed by atoms with Crippen LogP contribution in [0.25, 0.3) is 0 Å². The molecule has 0 saturated carbocycles. The zero-order valence-corrected chi connectivity index (χ0v) is 16.7. The Labute approximate surface area is 154 Å². The summed E-state index contributed by atoms with van der Waals surface area (Å²) in [5.41, 5.74) is 5.43. The molecule has 0 aliphatic carbocycles. The van der Waals surface area contributed by atoms with Crippen LogP contribution in [0.15, 0.2) is 23.2 Å². The second-order valence-corrected chi connectivity index (χ2v) is 5.32. The van der Waals surface area contributed by atoms with Crippen LogP contribution in [0.2, 0.25) is 0 Å². The van der Waals surface area contributed by atoms with Crippen molar-refractivity contribution in [3.8, 4) is 0 Å². The second-order valence-electron chi connectivity index (χ2n) is 5.32. The lowest BCUT2D eigenvalue weighted by Gasteiger charge is -2.12. The molecule has 23 heavy (non-hydrogen) atoms. The van der Waals surface area contributed by atoms with Gasteiger partial charge < -0.3 is 10.6 Å². The lowest BCUT2D eigenvalue weighted by molar-refractivity contribution is 0.728. The highest BCUT2D eigenvalue weighted by Crippen LogP contribution is 2.11. The molecule has 0 saturated heterocycles. The molecule has 0 fully saturated rings. The van der Waals surface area contributed by atoms with Crippen LogP contribution in [0.1, 0.15) is 28.3 Å². The third kappa shape index (κ3) is 5.19. The first kappa shape index (κ1) is 19.4. The summed E-state index contributed by atoms with van der Waals surface area (Å²) >= 11 is 0. The highest BCUT2D eigenvalue weighted by atomic mass is 127. The van der Waals surface area contributed by atoms with Crippen LogP contribution in [0.3, 0.4) is 0 Å². The lowest BCUT2D eigenvalue weighted by Crippen LogP contribution is -2.36. The van der Waals surface area contributed by atoms with E-state index in [2.05, 4.69) is 32.6 Å². The summed E-state index contributed by atoms with van der Waals surface area (Å²) in [7, 11) is 3.73. The SMILES string of the molecule is CN=C(NCc1cccc(C)n1)NCc1c(C)nn(C)c1C.I. The number of rotatable bonds is 4. The molecule has 0 spiro atoms. The van der Waals surface area contributed by atoms with E-state index in [9.17, 15) is 0 Å². The number of halogens is 1. The molecule has 2 N–H and O–H groups in total. The van der Waals surface area contributed by atoms with Gasteiger partial charge in [-0.1, -0.05) is 6.07 Å². The molecular weight excluding hydrogens is 403 g/mol. The fraction of sp³-hybridized carbons (Fsp3) is 0.438. The lowest BCUT2D eigenvalue weighted by atomic mass is 10.2. The van der Waals surface area contributed by atoms with Gasteiger partial charge in [-0.3, -0.25) is 14.7 Å². The fourth-order valence-electron chi connectivity index (χ4n) is 2.34. The Morgan fingerprint density at radius 3 is 2.43 bits per heavy atom. The molecule has 126 valence electrons. The molecule has 0 bridgehead atoms. The Kier molecular flexibility index (Phi) is 7.47. The topological polar surface area (TPSA) is 67.1 Å². The number of nitrogens with zero attached hydrogens (tertiary/aromatic N) is 4. The van der Waals surface area contributed by atoms with Crippen LogP contribution >= 0.6 is 24.0 Å². The minimum absolute atomic E-state index is 0. The zero-order chi connectivity index (χ0) is 16.1. The molecular formula is C16H25IN6. The first-order valence-electron chi connectivity index (χ1n) is 7.37. The van der Waals surface area contributed by atoms with Crippen molar-refractivity contribution in [3.63, 3.8) is 0 Å². The summed E-state index contributed by atoms with van der Waals surface area (Å²) in [4.78, 5) is 8.72. The minimum atomic E-state index is 0. The number of aryl methyl sites for hydroxylation is 3. The normalized spacial score (nSPS) is 11.1. The number of hydrogen-bond acceptors (Lipinski definition) is 3. The average Bonchev–Trinajstić information content (AvgIpc) is 2.73. The number of aliphatic imine (C=N–C) groups is 1. The van der Waals surface area contributed by atoms with Crippen LogP contribution in [0.5, 0.6) is 0 Å². The first-order valence-corrected chi connectivity index (χ1v) is 7.37. The molecule has 0 aliphatic rings. The summed E-state index contributed by atoms with van der Waals surface area (Å²) in [6.45, 7) is 7.43. The van der Waals surface area contributed by atoms with Crippen LogP contribution in [-0.4, -0.2) is 27.8 Å². The molecule has 2 aromatic heterocycles. The maximum absolute atomic E-state index is 4.47. The molecule has 0 aromatic carbocycles. The van der Waals surface area contributed by atoms with Gasteiger partial charge in [-0.05, 0) is 32.9 Å². The van der Waals surface area contributed by atoms with E-state index < -0.39 is 0 Å². The predicted molar refractivity (Wildman–Crippen MR) is 104 cm³/mol. The molecule has 2 rings (SSSR count). The van der Waals surface area contributed by atoms with E-state index in [-0.39, 0.29) is 24.0 Å². The van der Waals surface area contributed by atoms with E-state index in [4.69, 9.17) is 0 Å². The first-order chi connectivity index (χ1) is 10.5. The minimum Gasteiger partial charge on any atom is -0.352 e. The molecule has 2 aromatic rings. The summed E-state index contributed by atoms with van der Waals surface area (Å²) in [5.74, 6) is 0.756. The molecule has 0 unspecified atom stereocenters. The van der Waals surface area contributed by atoms with Gasteiger partial charge in [0.25, 0.3) is 0 Å². The quantitative estimate of drug-likeness (QED) is 0.445. The zero-order valence-electron chi connectivity index (χ0n) is 14.3. The molecule has 7 heteroatoms. The van der Waals surface area contributed by atoms with Crippen LogP contribution in [0, 0.1) is 20.8 Å². The van der Waals surface area contributed by atoms with E-state index in [0.29, 0.717) is 13.1 Å². The average molecular weight is 428 g/mol. The van der Waals surface area contributed by atoms with Gasteiger partial charge in [0.1, 0.15) is 0 Å². The molecule has 0 atom stereocenters. The van der Waals surface area contributed by atoms with Crippen molar-refractivity contribution in [2.75, 3.05) is 7.05 Å². The van der Waals surface area contributed by atoms with E-state index >= 15 is 0 Å². The third-order valence-electron chi connectivity index (χ3n) is 3.70. The molecule has 0 radical (unpaired) electrons. The van der Waals surface area contributed by atoms with Crippen molar-refractivity contribution in [1.82, 2.24) is 25.4 Å². The Hall–Kier alpha value is -1.64. The van der Waals surface area contributed by atoms with Gasteiger partial charge in [0, 0.05) is 37.6 Å². The van der Waals surface area contributed by atoms with Gasteiger partial charge in [0.15, 0.2) is 5.96 Å². The second kappa shape index (κ2) is 8.85. The summed E-state index contributed by atoms with van der Waals surface area (Å²) in [5, 5.41) is 11.0. The molecule has 0 aliphatic heterocycles. The van der Waals surface area contributed by atoms with E-state index in [0.717, 1.165) is 23.0 Å². The van der Waals surface area contributed by atoms with Gasteiger partial charge in [-0.15, -0.1) is 24.0 Å². The van der Waals surface area contributed by atoms with E-state index in [1.165, 1.54) is 11.3 Å². The number of aromatic nitrogens is 3. The van der Waals surface area contributed by atoms with Crippen LogP contribution < -0.4 is 10.6 Å². The molecule has 2 heterocycles. The van der Waals surface area contributed by atoms with Gasteiger partial charge in [-0.2, -0.15) is 5.10 Å². The largest absolute Gasteiger partial charge is 0.352 e. The Morgan fingerprint density at radius 1 is 1.17 bits per heavy atom. The van der Waals surface area contributed by atoms with Gasteiger partial charge >= 0.3 is 0 Å². The van der Waals surface area contributed by atoms with E-state index in [1.54, 1.807) is 7.05 Å². The Bertz CT molecular complexity index is 677. The highest BCUT2D eigenvalue weighted by Gasteiger charge is 2.09. The summed E-state index contributed by atoms with van der Waals surface area (Å²) in [6, 6.07) is 6.01. The monoisotopic (exact) mass is 428 g/mol. The predicted octanol–water partition coefficient (Wildman–Crippen LogP) is 2.22. The Balaban J connectivity index is 0.00000264. The summed E-state index contributed by atoms with van der Waals surface area (Å²) in [6.07, 6.45) is 0. The number of hydrogen-bond donors (Lipinski definition) is 2. The number of pyridine rings is 1. The fourth-order valence-corrected chi connectivity index (χ4v) is 2.34. The Morgan fingerprint density at radius 2 is 1.87 bits per heavy atom. The van der Waals surface area contributed by atoms with Crippen LogP contribution in [-0.2, 0) is 20.1 Å². The van der Waals surface area contributed by atoms with Crippen molar-refractivity contribution < 1.29 is 0 Å². The number of nitrogens with one attached hydrogen (secondary N) is 2. The van der Waals surface area contributed by atoms with Crippen molar-refractivity contribution in [2.45, 2.75) is 33.9 Å². The van der Waals surface area contributed by atoms with Crippen molar-refractivity contribution in [2.24, 2.45) is 12.0 Å². The molecule has 6 nitrogen and oxygen atoms in total. The van der Waals surface area contributed by atoms with Crippen molar-refractivity contribution in [1.29, 1.82) is 0 Å². The van der Waals surface area contributed by atoms with Crippen LogP contribution in [0.4, 0.5) is 0 Å². The summed E-state index contributed by atoms with van der Waals surface area (Å²) < 4.78 is 1.90. The maximum Gasteiger partial charge on any atom is 0.191 e. The standard InChI is InChI=1S/C16H24N6.HI/c1-11-7-6-8-14(20-11)9-18-16(17-4)19-10-15-12(2)21-22(5)13(15)3;/h6-8H,9-10H2,1-5H3,(H2,17,18,19);1H. The smallest absolute Gasteiger partial charge is 0.191 e. The van der Waals surface area contributed by atoms with Gasteiger partial charge in [0.2, 0.25) is 0 Å². The third-order valence-corrected chi connectivity index (χ3v) is 3.70. The number of guanidine groups is 1.